The maximum absolute atomic E-state index is 12.2. The Kier molecular flexibility index (Phi) is 4.53. The highest BCUT2D eigenvalue weighted by atomic mass is 35.5. The number of hydrogen-bond donors (Lipinski definition) is 0. The van der Waals surface area contributed by atoms with Gasteiger partial charge in [0.2, 0.25) is 0 Å². The number of aromatic nitrogens is 1. The molecule has 1 heterocycles. The van der Waals surface area contributed by atoms with Gasteiger partial charge >= 0.3 is 0 Å². The molecule has 0 saturated carbocycles. The molecule has 0 unspecified atom stereocenters. The molecular formula is C15H15ClN2O. The minimum absolute atomic E-state index is 0.103. The number of hydrogen-bond acceptors (Lipinski definition) is 2. The lowest BCUT2D eigenvalue weighted by molar-refractivity contribution is 0.0796. The minimum Gasteiger partial charge on any atom is -0.341 e. The van der Waals surface area contributed by atoms with Crippen LogP contribution in [0.4, 0.5) is 0 Å². The Labute approximate surface area is 117 Å². The zero-order valence-electron chi connectivity index (χ0n) is 10.7. The summed E-state index contributed by atoms with van der Waals surface area (Å²) in [4.78, 5) is 17.8. The van der Waals surface area contributed by atoms with E-state index in [1.165, 1.54) is 11.8 Å². The predicted molar refractivity (Wildman–Crippen MR) is 76.4 cm³/mol. The molecule has 0 atom stereocenters. The predicted octanol–water partition coefficient (Wildman–Crippen LogP) is 3.05. The minimum atomic E-state index is -0.103. The molecule has 19 heavy (non-hydrogen) atoms. The normalized spacial score (nSPS) is 10.2. The molecule has 0 radical (unpaired) electrons. The Morgan fingerprint density at radius 3 is 2.68 bits per heavy atom. The van der Waals surface area contributed by atoms with Crippen LogP contribution in [-0.4, -0.2) is 29.4 Å². The second-order valence-corrected chi connectivity index (χ2v) is 4.73. The van der Waals surface area contributed by atoms with Crippen LogP contribution in [0.15, 0.2) is 48.8 Å². The quantitative estimate of drug-likeness (QED) is 0.859. The lowest BCUT2D eigenvalue weighted by Crippen LogP contribution is -2.29. The Morgan fingerprint density at radius 2 is 2.00 bits per heavy atom. The Bertz CT molecular complexity index is 557. The van der Waals surface area contributed by atoms with Crippen molar-refractivity contribution in [2.24, 2.45) is 0 Å². The van der Waals surface area contributed by atoms with Gasteiger partial charge in [-0.15, -0.1) is 0 Å². The van der Waals surface area contributed by atoms with Gasteiger partial charge < -0.3 is 4.90 Å². The fraction of sp³-hybridized carbons (Fsp3) is 0.200. The van der Waals surface area contributed by atoms with E-state index in [4.69, 9.17) is 11.6 Å². The summed E-state index contributed by atoms with van der Waals surface area (Å²) in [6.07, 6.45) is 3.90. The third kappa shape index (κ3) is 3.55. The van der Waals surface area contributed by atoms with Gasteiger partial charge in [-0.2, -0.15) is 0 Å². The van der Waals surface area contributed by atoms with Gasteiger partial charge in [0.15, 0.2) is 0 Å². The first-order chi connectivity index (χ1) is 9.18. The summed E-state index contributed by atoms with van der Waals surface area (Å²) in [5.74, 6) is -0.103. The SMILES string of the molecule is CN(CCc1ccccc1)C(=O)c1cnccc1Cl. The monoisotopic (exact) mass is 274 g/mol. The van der Waals surface area contributed by atoms with Crippen molar-refractivity contribution in [3.05, 3.63) is 64.9 Å². The van der Waals surface area contributed by atoms with Crippen LogP contribution < -0.4 is 0 Å². The number of benzene rings is 1. The van der Waals surface area contributed by atoms with Crippen LogP contribution in [-0.2, 0) is 6.42 Å². The second kappa shape index (κ2) is 6.34. The van der Waals surface area contributed by atoms with Gasteiger partial charge in [0.05, 0.1) is 10.6 Å². The third-order valence-electron chi connectivity index (χ3n) is 2.92. The topological polar surface area (TPSA) is 33.2 Å². The van der Waals surface area contributed by atoms with Gasteiger partial charge in [-0.3, -0.25) is 9.78 Å². The molecule has 0 bridgehead atoms. The Hall–Kier alpha value is -1.87. The molecule has 0 aliphatic rings. The third-order valence-corrected chi connectivity index (χ3v) is 3.25. The van der Waals surface area contributed by atoms with Crippen LogP contribution in [0.2, 0.25) is 5.02 Å². The van der Waals surface area contributed by atoms with E-state index >= 15 is 0 Å². The molecule has 0 aliphatic carbocycles. The summed E-state index contributed by atoms with van der Waals surface area (Å²) in [6.45, 7) is 0.647. The molecule has 2 rings (SSSR count). The van der Waals surface area contributed by atoms with E-state index in [1.807, 2.05) is 18.2 Å². The van der Waals surface area contributed by atoms with E-state index < -0.39 is 0 Å². The largest absolute Gasteiger partial charge is 0.341 e. The maximum atomic E-state index is 12.2. The average Bonchev–Trinajstić information content (AvgIpc) is 2.45. The van der Waals surface area contributed by atoms with Crippen molar-refractivity contribution < 1.29 is 4.79 Å². The molecule has 0 spiro atoms. The molecule has 0 fully saturated rings. The molecule has 1 aromatic carbocycles. The summed E-state index contributed by atoms with van der Waals surface area (Å²) in [5, 5.41) is 0.437. The zero-order chi connectivity index (χ0) is 13.7. The van der Waals surface area contributed by atoms with Crippen LogP contribution in [0, 0.1) is 0 Å². The van der Waals surface area contributed by atoms with Crippen molar-refractivity contribution in [1.29, 1.82) is 0 Å². The molecule has 98 valence electrons. The first-order valence-electron chi connectivity index (χ1n) is 6.07. The van der Waals surface area contributed by atoms with E-state index in [0.717, 1.165) is 6.42 Å². The van der Waals surface area contributed by atoms with E-state index in [1.54, 1.807) is 24.2 Å². The first-order valence-corrected chi connectivity index (χ1v) is 6.45. The Balaban J connectivity index is 1.99. The number of rotatable bonds is 4. The highest BCUT2D eigenvalue weighted by Gasteiger charge is 2.14. The number of likely N-dealkylation sites (N-methyl/N-ethyl adjacent to an activating group) is 1. The smallest absolute Gasteiger partial charge is 0.256 e. The van der Waals surface area contributed by atoms with Crippen LogP contribution >= 0.6 is 11.6 Å². The van der Waals surface area contributed by atoms with E-state index in [9.17, 15) is 4.79 Å². The number of amides is 1. The van der Waals surface area contributed by atoms with Crippen LogP contribution in [0.25, 0.3) is 0 Å². The fourth-order valence-corrected chi connectivity index (χ4v) is 1.97. The van der Waals surface area contributed by atoms with Crippen LogP contribution in [0.3, 0.4) is 0 Å². The summed E-state index contributed by atoms with van der Waals surface area (Å²) < 4.78 is 0. The van der Waals surface area contributed by atoms with E-state index in [-0.39, 0.29) is 5.91 Å². The van der Waals surface area contributed by atoms with Gasteiger partial charge in [0, 0.05) is 26.0 Å². The van der Waals surface area contributed by atoms with Crippen LogP contribution in [0.1, 0.15) is 15.9 Å². The number of halogens is 1. The zero-order valence-corrected chi connectivity index (χ0v) is 11.5. The van der Waals surface area contributed by atoms with Crippen molar-refractivity contribution >= 4 is 17.5 Å². The molecule has 2 aromatic rings. The molecule has 0 saturated heterocycles. The lowest BCUT2D eigenvalue weighted by atomic mass is 10.1. The second-order valence-electron chi connectivity index (χ2n) is 4.32. The number of nitrogens with zero attached hydrogens (tertiary/aromatic N) is 2. The molecule has 1 amide bonds. The number of carbonyl (C=O) groups is 1. The molecule has 3 nitrogen and oxygen atoms in total. The fourth-order valence-electron chi connectivity index (χ4n) is 1.78. The lowest BCUT2D eigenvalue weighted by Gasteiger charge is -2.17. The highest BCUT2D eigenvalue weighted by molar-refractivity contribution is 6.33. The number of carbonyl (C=O) groups excluding carboxylic acids is 1. The van der Waals surface area contributed by atoms with Gasteiger partial charge in [0.1, 0.15) is 0 Å². The number of pyridine rings is 1. The Morgan fingerprint density at radius 1 is 1.26 bits per heavy atom. The average molecular weight is 275 g/mol. The molecule has 0 aliphatic heterocycles. The summed E-state index contributed by atoms with van der Waals surface area (Å²) in [7, 11) is 1.77. The molecule has 0 N–H and O–H groups in total. The van der Waals surface area contributed by atoms with Crippen molar-refractivity contribution in [3.8, 4) is 0 Å². The summed E-state index contributed by atoms with van der Waals surface area (Å²) in [6, 6.07) is 11.7. The molecule has 1 aromatic heterocycles. The summed E-state index contributed by atoms with van der Waals surface area (Å²) >= 11 is 5.99. The molecular weight excluding hydrogens is 260 g/mol. The van der Waals surface area contributed by atoms with Gasteiger partial charge in [0.25, 0.3) is 5.91 Å². The summed E-state index contributed by atoms with van der Waals surface area (Å²) in [5.41, 5.74) is 1.65. The standard InChI is InChI=1S/C15H15ClN2O/c1-18(10-8-12-5-3-2-4-6-12)15(19)13-11-17-9-7-14(13)16/h2-7,9,11H,8,10H2,1H3. The van der Waals surface area contributed by atoms with Gasteiger partial charge in [-0.05, 0) is 18.1 Å². The van der Waals surface area contributed by atoms with E-state index in [0.29, 0.717) is 17.1 Å². The first kappa shape index (κ1) is 13.6. The van der Waals surface area contributed by atoms with Crippen molar-refractivity contribution in [2.45, 2.75) is 6.42 Å². The van der Waals surface area contributed by atoms with E-state index in [2.05, 4.69) is 17.1 Å². The highest BCUT2D eigenvalue weighted by Crippen LogP contribution is 2.15. The van der Waals surface area contributed by atoms with Crippen molar-refractivity contribution in [3.63, 3.8) is 0 Å². The van der Waals surface area contributed by atoms with Crippen molar-refractivity contribution in [1.82, 2.24) is 9.88 Å². The maximum Gasteiger partial charge on any atom is 0.256 e. The van der Waals surface area contributed by atoms with Crippen molar-refractivity contribution in [2.75, 3.05) is 13.6 Å². The molecule has 4 heteroatoms. The van der Waals surface area contributed by atoms with Gasteiger partial charge in [-0.25, -0.2) is 0 Å². The van der Waals surface area contributed by atoms with Crippen LogP contribution in [0.5, 0.6) is 0 Å². The van der Waals surface area contributed by atoms with Gasteiger partial charge in [-0.1, -0.05) is 41.9 Å².